The number of aromatic nitrogens is 3. The van der Waals surface area contributed by atoms with Gasteiger partial charge in [-0.2, -0.15) is 0 Å². The van der Waals surface area contributed by atoms with Crippen molar-refractivity contribution in [3.63, 3.8) is 0 Å². The molecule has 7 heteroatoms. The quantitative estimate of drug-likeness (QED) is 0.532. The van der Waals surface area contributed by atoms with E-state index in [0.717, 1.165) is 42.4 Å². The van der Waals surface area contributed by atoms with E-state index < -0.39 is 0 Å². The van der Waals surface area contributed by atoms with Crippen LogP contribution in [0.2, 0.25) is 0 Å². The van der Waals surface area contributed by atoms with Gasteiger partial charge in [0.05, 0.1) is 13.2 Å². The monoisotopic (exact) mass is 408 g/mol. The van der Waals surface area contributed by atoms with Gasteiger partial charge in [0.25, 0.3) is 0 Å². The van der Waals surface area contributed by atoms with Crippen molar-refractivity contribution in [2.75, 3.05) is 26.3 Å². The molecule has 1 unspecified atom stereocenters. The molecule has 1 amide bonds. The van der Waals surface area contributed by atoms with E-state index >= 15 is 0 Å². The maximum atomic E-state index is 12.8. The van der Waals surface area contributed by atoms with Crippen LogP contribution < -0.4 is 9.47 Å². The summed E-state index contributed by atoms with van der Waals surface area (Å²) in [7, 11) is 0. The van der Waals surface area contributed by atoms with Crippen LogP contribution in [0.1, 0.15) is 44.3 Å². The molecule has 0 spiro atoms. The lowest BCUT2D eigenvalue weighted by molar-refractivity contribution is -0.132. The predicted octanol–water partition coefficient (Wildman–Crippen LogP) is 3.69. The van der Waals surface area contributed by atoms with Crippen molar-refractivity contribution >= 4 is 11.6 Å². The van der Waals surface area contributed by atoms with Gasteiger partial charge in [0.1, 0.15) is 5.82 Å². The first-order chi connectivity index (χ1) is 14.8. The second-order valence-corrected chi connectivity index (χ2v) is 7.50. The summed E-state index contributed by atoms with van der Waals surface area (Å²) in [4.78, 5) is 14.7. The number of carbonyl (C=O) groups is 1. The number of pyridine rings is 1. The molecule has 4 rings (SSSR count). The van der Waals surface area contributed by atoms with Crippen molar-refractivity contribution in [1.29, 1.82) is 0 Å². The lowest BCUT2D eigenvalue weighted by atomic mass is 9.97. The van der Waals surface area contributed by atoms with Crippen LogP contribution in [0.4, 0.5) is 0 Å². The van der Waals surface area contributed by atoms with Crippen LogP contribution in [-0.4, -0.2) is 51.7 Å². The number of para-hydroxylation sites is 2. The van der Waals surface area contributed by atoms with Crippen molar-refractivity contribution in [2.24, 2.45) is 0 Å². The van der Waals surface area contributed by atoms with Gasteiger partial charge in [0, 0.05) is 31.6 Å². The van der Waals surface area contributed by atoms with E-state index in [4.69, 9.17) is 9.47 Å². The summed E-state index contributed by atoms with van der Waals surface area (Å²) in [6, 6.07) is 13.5. The fourth-order valence-corrected chi connectivity index (χ4v) is 3.96. The molecule has 0 N–H and O–H groups in total. The topological polar surface area (TPSA) is 69.0 Å². The third-order valence-corrected chi connectivity index (χ3v) is 5.42. The minimum Gasteiger partial charge on any atom is -0.490 e. The first-order valence-electron chi connectivity index (χ1n) is 10.7. The first-order valence-corrected chi connectivity index (χ1v) is 10.7. The number of amides is 1. The molecule has 2 aromatic heterocycles. The van der Waals surface area contributed by atoms with Gasteiger partial charge in [0.2, 0.25) is 5.91 Å². The van der Waals surface area contributed by atoms with Gasteiger partial charge in [-0.05, 0) is 50.5 Å². The summed E-state index contributed by atoms with van der Waals surface area (Å²) in [5, 5.41) is 8.64. The van der Waals surface area contributed by atoms with Crippen molar-refractivity contribution in [1.82, 2.24) is 19.5 Å². The molecule has 1 aliphatic heterocycles. The summed E-state index contributed by atoms with van der Waals surface area (Å²) in [5.41, 5.74) is 0.848. The Kier molecular flexibility index (Phi) is 6.47. The van der Waals surface area contributed by atoms with Crippen LogP contribution in [0, 0.1) is 0 Å². The summed E-state index contributed by atoms with van der Waals surface area (Å²) >= 11 is 0. The Morgan fingerprint density at radius 1 is 1.10 bits per heavy atom. The van der Waals surface area contributed by atoms with Gasteiger partial charge in [-0.15, -0.1) is 10.2 Å². The Hall–Kier alpha value is -3.09. The molecule has 7 nitrogen and oxygen atoms in total. The highest BCUT2D eigenvalue weighted by Gasteiger charge is 2.27. The zero-order valence-electron chi connectivity index (χ0n) is 17.4. The largest absolute Gasteiger partial charge is 0.490 e. The zero-order valence-corrected chi connectivity index (χ0v) is 17.4. The molecule has 1 fully saturated rings. The van der Waals surface area contributed by atoms with E-state index in [2.05, 4.69) is 10.2 Å². The van der Waals surface area contributed by atoms with Crippen molar-refractivity contribution in [2.45, 2.75) is 38.5 Å². The van der Waals surface area contributed by atoms with E-state index in [-0.39, 0.29) is 11.8 Å². The number of carbonyl (C=O) groups excluding carboxylic acids is 1. The number of nitrogens with zero attached hydrogens (tertiary/aromatic N) is 4. The molecule has 0 saturated carbocycles. The van der Waals surface area contributed by atoms with Crippen molar-refractivity contribution in [3.05, 3.63) is 54.5 Å². The Bertz CT molecular complexity index is 987. The molecule has 30 heavy (non-hydrogen) atoms. The fraction of sp³-hybridized carbons (Fsp3) is 0.435. The number of likely N-dealkylation sites (tertiary alicyclic amines) is 1. The molecule has 3 aromatic rings. The van der Waals surface area contributed by atoms with Crippen molar-refractivity contribution < 1.29 is 14.3 Å². The third kappa shape index (κ3) is 4.56. The molecule has 1 aromatic carbocycles. The molecule has 158 valence electrons. The summed E-state index contributed by atoms with van der Waals surface area (Å²) in [6.07, 6.45) is 5.15. The smallest absolute Gasteiger partial charge is 0.222 e. The van der Waals surface area contributed by atoms with E-state index in [1.807, 2.05) is 64.9 Å². The predicted molar refractivity (Wildman–Crippen MR) is 114 cm³/mol. The standard InChI is InChI=1S/C23H28N4O3/c1-2-29-19-10-3-4-11-20(19)30-16-8-13-22(28)26-14-7-9-18(17-26)23-25-24-21-12-5-6-15-27(21)23/h3-6,10-12,15,18H,2,7-9,13-14,16-17H2,1H3. The SMILES string of the molecule is CCOc1ccccc1OCCCC(=O)N1CCCC(c2nnc3ccccn23)C1. The molecule has 0 aliphatic carbocycles. The number of hydrogen-bond donors (Lipinski definition) is 0. The third-order valence-electron chi connectivity index (χ3n) is 5.42. The van der Waals surface area contributed by atoms with Crippen LogP contribution in [0.25, 0.3) is 5.65 Å². The van der Waals surface area contributed by atoms with Gasteiger partial charge in [-0.1, -0.05) is 18.2 Å². The zero-order chi connectivity index (χ0) is 20.8. The van der Waals surface area contributed by atoms with Gasteiger partial charge in [0.15, 0.2) is 17.1 Å². The Labute approximate surface area is 176 Å². The first kappa shape index (κ1) is 20.2. The lowest BCUT2D eigenvalue weighted by Gasteiger charge is -2.32. The highest BCUT2D eigenvalue weighted by molar-refractivity contribution is 5.76. The second-order valence-electron chi connectivity index (χ2n) is 7.50. The van der Waals surface area contributed by atoms with Gasteiger partial charge in [-0.25, -0.2) is 0 Å². The van der Waals surface area contributed by atoms with Crippen LogP contribution in [-0.2, 0) is 4.79 Å². The van der Waals surface area contributed by atoms with E-state index in [1.165, 1.54) is 0 Å². The van der Waals surface area contributed by atoms with E-state index in [1.54, 1.807) is 0 Å². The Morgan fingerprint density at radius 3 is 2.73 bits per heavy atom. The van der Waals surface area contributed by atoms with E-state index in [9.17, 15) is 4.79 Å². The minimum atomic E-state index is 0.176. The number of benzene rings is 1. The number of piperidine rings is 1. The Balaban J connectivity index is 1.29. The average molecular weight is 409 g/mol. The maximum absolute atomic E-state index is 12.8. The average Bonchev–Trinajstić information content (AvgIpc) is 3.22. The summed E-state index contributed by atoms with van der Waals surface area (Å²) in [5.74, 6) is 2.80. The molecular formula is C23H28N4O3. The lowest BCUT2D eigenvalue weighted by Crippen LogP contribution is -2.39. The summed E-state index contributed by atoms with van der Waals surface area (Å²) in [6.45, 7) is 4.53. The number of rotatable bonds is 8. The molecule has 1 saturated heterocycles. The second kappa shape index (κ2) is 9.61. The van der Waals surface area contributed by atoms with Crippen LogP contribution in [0.5, 0.6) is 11.5 Å². The fourth-order valence-electron chi connectivity index (χ4n) is 3.96. The van der Waals surface area contributed by atoms with Crippen LogP contribution in [0.3, 0.4) is 0 Å². The van der Waals surface area contributed by atoms with Crippen molar-refractivity contribution in [3.8, 4) is 11.5 Å². The van der Waals surface area contributed by atoms with Crippen LogP contribution in [0.15, 0.2) is 48.7 Å². The molecule has 0 bridgehead atoms. The maximum Gasteiger partial charge on any atom is 0.222 e. The number of fused-ring (bicyclic) bond motifs is 1. The molecule has 3 heterocycles. The minimum absolute atomic E-state index is 0.176. The van der Waals surface area contributed by atoms with Crippen LogP contribution >= 0.6 is 0 Å². The van der Waals surface area contributed by atoms with Gasteiger partial charge in [-0.3, -0.25) is 9.20 Å². The number of hydrogen-bond acceptors (Lipinski definition) is 5. The molecule has 1 atom stereocenters. The highest BCUT2D eigenvalue weighted by atomic mass is 16.5. The van der Waals surface area contributed by atoms with Gasteiger partial charge < -0.3 is 14.4 Å². The summed E-state index contributed by atoms with van der Waals surface area (Å²) < 4.78 is 13.4. The molecule has 0 radical (unpaired) electrons. The highest BCUT2D eigenvalue weighted by Crippen LogP contribution is 2.28. The normalized spacial score (nSPS) is 16.6. The Morgan fingerprint density at radius 2 is 1.90 bits per heavy atom. The van der Waals surface area contributed by atoms with Gasteiger partial charge >= 0.3 is 0 Å². The van der Waals surface area contributed by atoms with E-state index in [0.29, 0.717) is 32.6 Å². The number of ether oxygens (including phenoxy) is 2. The molecule has 1 aliphatic rings. The molecular weight excluding hydrogens is 380 g/mol.